The first kappa shape index (κ1) is 69.9. The normalized spacial score (nSPS) is 10.8. The number of benzene rings is 5. The highest BCUT2D eigenvalue weighted by Crippen LogP contribution is 2.29. The van der Waals surface area contributed by atoms with Crippen molar-refractivity contribution in [1.29, 1.82) is 0 Å². The third-order valence-corrected chi connectivity index (χ3v) is 17.8. The van der Waals surface area contributed by atoms with Gasteiger partial charge in [0.25, 0.3) is 0 Å². The van der Waals surface area contributed by atoms with Gasteiger partial charge in [-0.05, 0) is 185 Å². The van der Waals surface area contributed by atoms with Gasteiger partial charge in [-0.2, -0.15) is 0 Å². The van der Waals surface area contributed by atoms with Crippen molar-refractivity contribution in [2.75, 3.05) is 0 Å². The number of hydrogen-bond donors (Lipinski definition) is 0. The summed E-state index contributed by atoms with van der Waals surface area (Å²) in [6.07, 6.45) is 16.8. The van der Waals surface area contributed by atoms with E-state index in [2.05, 4.69) is 358 Å². The molecule has 89 heavy (non-hydrogen) atoms. The number of pyridine rings is 5. The Hall–Kier alpha value is -8.15. The molecule has 10 aromatic rings. The van der Waals surface area contributed by atoms with Gasteiger partial charge in [0, 0.05) is 86.0 Å². The maximum Gasteiger partial charge on any atom is 0.212 e. The molecule has 0 aliphatic carbocycles. The molecular formula is C84H108N5+5. The second kappa shape index (κ2) is 32.9. The van der Waals surface area contributed by atoms with Crippen molar-refractivity contribution in [2.24, 2.45) is 35.2 Å². The van der Waals surface area contributed by atoms with E-state index >= 15 is 0 Å². The number of nitrogens with zero attached hydrogens (tertiary/aromatic N) is 5. The van der Waals surface area contributed by atoms with Crippen molar-refractivity contribution >= 4 is 0 Å². The molecule has 0 unspecified atom stereocenters. The fourth-order valence-corrected chi connectivity index (χ4v) is 12.4. The number of aromatic nitrogens is 5. The predicted octanol–water partition coefficient (Wildman–Crippen LogP) is 18.4. The van der Waals surface area contributed by atoms with Crippen molar-refractivity contribution < 1.29 is 22.8 Å². The quantitative estimate of drug-likeness (QED) is 0.109. The maximum atomic E-state index is 2.36. The lowest BCUT2D eigenvalue weighted by Crippen LogP contribution is -2.32. The van der Waals surface area contributed by atoms with E-state index in [1.165, 1.54) is 140 Å². The summed E-state index contributed by atoms with van der Waals surface area (Å²) < 4.78 is 11.2. The minimum atomic E-state index is 0.564. The molecule has 0 spiro atoms. The number of aryl methyl sites for hydroxylation is 18. The minimum absolute atomic E-state index is 0.564. The van der Waals surface area contributed by atoms with Crippen LogP contribution in [0.3, 0.4) is 0 Å². The van der Waals surface area contributed by atoms with Gasteiger partial charge in [0.15, 0.2) is 31.0 Å². The summed E-state index contributed by atoms with van der Waals surface area (Å²) in [5, 5.41) is 0. The largest absolute Gasteiger partial charge is 0.212 e. The molecule has 10 rings (SSSR count). The van der Waals surface area contributed by atoms with Crippen LogP contribution in [0.5, 0.6) is 0 Å². The molecule has 0 radical (unpaired) electrons. The first-order valence-electron chi connectivity index (χ1n) is 32.8. The fraction of sp³-hybridized carbons (Fsp3) is 0.345. The molecule has 0 saturated carbocycles. The molecule has 0 N–H and O–H groups in total. The molecule has 0 saturated heterocycles. The van der Waals surface area contributed by atoms with Crippen molar-refractivity contribution in [2.45, 2.75) is 162 Å². The molecule has 5 heteroatoms. The van der Waals surface area contributed by atoms with Crippen LogP contribution in [0.25, 0.3) is 56.3 Å². The Labute approximate surface area is 539 Å². The predicted molar refractivity (Wildman–Crippen MR) is 378 cm³/mol. The first-order chi connectivity index (χ1) is 42.5. The van der Waals surface area contributed by atoms with Gasteiger partial charge in [-0.3, -0.25) is 0 Å². The summed E-state index contributed by atoms with van der Waals surface area (Å²) >= 11 is 0. The second-order valence-electron chi connectivity index (χ2n) is 25.1. The van der Waals surface area contributed by atoms with Gasteiger partial charge < -0.3 is 0 Å². The second-order valence-corrected chi connectivity index (χ2v) is 25.1. The van der Waals surface area contributed by atoms with Crippen molar-refractivity contribution in [3.63, 3.8) is 0 Å². The monoisotopic (exact) mass is 1190 g/mol. The highest BCUT2D eigenvalue weighted by atomic mass is 14.9. The van der Waals surface area contributed by atoms with Crippen LogP contribution in [-0.2, 0) is 67.3 Å². The van der Waals surface area contributed by atoms with E-state index < -0.39 is 0 Å². The van der Waals surface area contributed by atoms with E-state index in [0.29, 0.717) is 11.8 Å². The summed E-state index contributed by atoms with van der Waals surface area (Å²) in [7, 11) is 10.7. The van der Waals surface area contributed by atoms with Crippen molar-refractivity contribution in [1.82, 2.24) is 0 Å². The van der Waals surface area contributed by atoms with Gasteiger partial charge in [0.1, 0.15) is 35.2 Å². The Balaban J connectivity index is 0.000000177. The molecule has 0 bridgehead atoms. The zero-order valence-electron chi connectivity index (χ0n) is 58.7. The van der Waals surface area contributed by atoms with Gasteiger partial charge in [0.2, 0.25) is 28.5 Å². The third kappa shape index (κ3) is 17.8. The van der Waals surface area contributed by atoms with Crippen LogP contribution in [0.1, 0.15) is 158 Å². The van der Waals surface area contributed by atoms with Crippen LogP contribution in [0.4, 0.5) is 0 Å². The van der Waals surface area contributed by atoms with Gasteiger partial charge >= 0.3 is 0 Å². The summed E-state index contributed by atoms with van der Waals surface area (Å²) in [4.78, 5) is 0. The van der Waals surface area contributed by atoms with Crippen molar-refractivity contribution in [3.8, 4) is 56.3 Å². The van der Waals surface area contributed by atoms with E-state index in [0.717, 1.165) is 32.1 Å². The topological polar surface area (TPSA) is 19.4 Å². The van der Waals surface area contributed by atoms with Crippen LogP contribution in [-0.4, -0.2) is 0 Å². The first-order valence-corrected chi connectivity index (χ1v) is 32.8. The van der Waals surface area contributed by atoms with Crippen LogP contribution in [0.2, 0.25) is 0 Å². The molecule has 0 fully saturated rings. The van der Waals surface area contributed by atoms with E-state index in [1.54, 1.807) is 0 Å². The Morgan fingerprint density at radius 3 is 0.876 bits per heavy atom. The van der Waals surface area contributed by atoms with Crippen molar-refractivity contribution in [3.05, 3.63) is 266 Å². The average Bonchev–Trinajstić information content (AvgIpc) is 3.55. The highest BCUT2D eigenvalue weighted by molar-refractivity contribution is 5.65. The van der Waals surface area contributed by atoms with Crippen LogP contribution < -0.4 is 22.8 Å². The van der Waals surface area contributed by atoms with Gasteiger partial charge in [0.05, 0.1) is 0 Å². The standard InChI is InChI=1S/C18H24N.2C17H22N.2C16H20N/c1-6-15-11-18(16-10-8-7-9-14(16)4)19(5)12-17(15)13(2)3;1-12(2)16-10-17(18(5)11-14(16)4)15-9-7-6-8-13(15)3;1-5-14-11-17(18(4)12-15(14)6-2)16-10-8-7-9-13(16)3;1-5-14-10-16(17(4)11-13(14)3)15-9-7-6-8-12(15)2;1-5-14-11-17(4)16(10-13(14)3)15-9-7-6-8-12(15)2/h7-13H,6H2,1-5H3;6-12H,1-5H3;7-12H,5-6H2,1-4H3;2*6-11H,5H2,1-4H3/q5*+1. The van der Waals surface area contributed by atoms with Crippen LogP contribution >= 0.6 is 0 Å². The highest BCUT2D eigenvalue weighted by Gasteiger charge is 2.21. The molecule has 5 nitrogen and oxygen atoms in total. The molecular weight excluding hydrogens is 1080 g/mol. The van der Waals surface area contributed by atoms with E-state index in [-0.39, 0.29) is 0 Å². The molecule has 0 aliphatic rings. The zero-order valence-corrected chi connectivity index (χ0v) is 58.7. The Morgan fingerprint density at radius 2 is 0.528 bits per heavy atom. The average molecular weight is 1190 g/mol. The minimum Gasteiger partial charge on any atom is -0.201 e. The molecule has 5 aromatic heterocycles. The molecule has 464 valence electrons. The molecule has 5 heterocycles. The van der Waals surface area contributed by atoms with Crippen LogP contribution in [0.15, 0.2) is 183 Å². The lowest BCUT2D eigenvalue weighted by atomic mass is 9.95. The van der Waals surface area contributed by atoms with Gasteiger partial charge in [-0.1, -0.05) is 153 Å². The molecule has 5 aromatic carbocycles. The molecule has 0 amide bonds. The van der Waals surface area contributed by atoms with Gasteiger partial charge in [-0.15, -0.1) is 0 Å². The van der Waals surface area contributed by atoms with Crippen LogP contribution in [0, 0.1) is 55.4 Å². The smallest absolute Gasteiger partial charge is 0.201 e. The van der Waals surface area contributed by atoms with E-state index in [4.69, 9.17) is 0 Å². The Morgan fingerprint density at radius 1 is 0.247 bits per heavy atom. The zero-order chi connectivity index (χ0) is 65.2. The molecule has 0 aliphatic heterocycles. The summed E-state index contributed by atoms with van der Waals surface area (Å²) in [5.41, 5.74) is 34.0. The Kier molecular flexibility index (Phi) is 25.9. The summed E-state index contributed by atoms with van der Waals surface area (Å²) in [6, 6.07) is 54.5. The summed E-state index contributed by atoms with van der Waals surface area (Å²) in [6.45, 7) is 37.6. The fourth-order valence-electron chi connectivity index (χ4n) is 12.4. The SMILES string of the molecule is CCc1c[n+](C)c(-c2ccccc2C)cc1C.CCc1cc(-c2ccccc2C)[n+](C)cc1C.CCc1cc(-c2ccccc2C)[n+](C)cc1C(C)C.CCc1cc(-c2ccccc2C)[n+](C)cc1CC.Cc1ccccc1-c1cc(C(C)C)c(C)c[n+]1C. The number of rotatable bonds is 12. The van der Waals surface area contributed by atoms with Gasteiger partial charge in [-0.25, -0.2) is 22.8 Å². The maximum absolute atomic E-state index is 2.36. The molecule has 0 atom stereocenters. The lowest BCUT2D eigenvalue weighted by Gasteiger charge is -2.12. The van der Waals surface area contributed by atoms with E-state index in [9.17, 15) is 0 Å². The van der Waals surface area contributed by atoms with E-state index in [1.807, 2.05) is 0 Å². The Bertz CT molecular complexity index is 3990. The summed E-state index contributed by atoms with van der Waals surface area (Å²) in [5.74, 6) is 1.14. The number of hydrogen-bond acceptors (Lipinski definition) is 0. The lowest BCUT2D eigenvalue weighted by molar-refractivity contribution is -0.661. The third-order valence-electron chi connectivity index (χ3n) is 17.8.